The SMILES string of the molecule is CN1C=NCC1C(=O)c1ccccc1. The summed E-state index contributed by atoms with van der Waals surface area (Å²) < 4.78 is 0. The number of carbonyl (C=O) groups excluding carboxylic acids is 1. The summed E-state index contributed by atoms with van der Waals surface area (Å²) in [5.74, 6) is 0.144. The second kappa shape index (κ2) is 3.62. The van der Waals surface area contributed by atoms with Gasteiger partial charge in [-0.05, 0) is 0 Å². The minimum absolute atomic E-state index is 0.114. The van der Waals surface area contributed by atoms with Crippen molar-refractivity contribution < 1.29 is 4.79 Å². The van der Waals surface area contributed by atoms with Gasteiger partial charge in [-0.1, -0.05) is 30.3 Å². The summed E-state index contributed by atoms with van der Waals surface area (Å²) in [5.41, 5.74) is 0.759. The first-order valence-electron chi connectivity index (χ1n) is 4.60. The molecule has 1 unspecified atom stereocenters. The fourth-order valence-electron chi connectivity index (χ4n) is 1.55. The number of aliphatic imine (C=N–C) groups is 1. The van der Waals surface area contributed by atoms with E-state index in [1.54, 1.807) is 6.34 Å². The smallest absolute Gasteiger partial charge is 0.187 e. The Morgan fingerprint density at radius 2 is 2.14 bits per heavy atom. The van der Waals surface area contributed by atoms with Crippen molar-refractivity contribution in [1.82, 2.24) is 4.90 Å². The van der Waals surface area contributed by atoms with Gasteiger partial charge in [0, 0.05) is 12.6 Å². The summed E-state index contributed by atoms with van der Waals surface area (Å²) in [7, 11) is 1.88. The molecule has 14 heavy (non-hydrogen) atoms. The summed E-state index contributed by atoms with van der Waals surface area (Å²) in [4.78, 5) is 17.9. The van der Waals surface area contributed by atoms with Crippen LogP contribution in [0.1, 0.15) is 10.4 Å². The molecule has 1 aromatic rings. The molecule has 1 atom stereocenters. The van der Waals surface area contributed by atoms with Crippen LogP contribution in [0.4, 0.5) is 0 Å². The first-order chi connectivity index (χ1) is 6.79. The lowest BCUT2D eigenvalue weighted by Crippen LogP contribution is -2.35. The van der Waals surface area contributed by atoms with E-state index in [9.17, 15) is 4.79 Å². The highest BCUT2D eigenvalue weighted by molar-refractivity contribution is 6.01. The molecule has 0 fully saturated rings. The number of hydrogen-bond donors (Lipinski definition) is 0. The minimum Gasteiger partial charge on any atom is -0.354 e. The van der Waals surface area contributed by atoms with Crippen LogP contribution in [0.25, 0.3) is 0 Å². The second-order valence-corrected chi connectivity index (χ2v) is 3.39. The second-order valence-electron chi connectivity index (χ2n) is 3.39. The molecule has 2 rings (SSSR count). The van der Waals surface area contributed by atoms with E-state index >= 15 is 0 Å². The zero-order valence-corrected chi connectivity index (χ0v) is 8.05. The number of likely N-dealkylation sites (N-methyl/N-ethyl adjacent to an activating group) is 1. The Labute approximate surface area is 83.1 Å². The zero-order valence-electron chi connectivity index (χ0n) is 8.05. The Morgan fingerprint density at radius 1 is 1.43 bits per heavy atom. The van der Waals surface area contributed by atoms with E-state index in [4.69, 9.17) is 0 Å². The van der Waals surface area contributed by atoms with E-state index in [0.29, 0.717) is 6.54 Å². The van der Waals surface area contributed by atoms with Gasteiger partial charge < -0.3 is 4.90 Å². The van der Waals surface area contributed by atoms with Crippen molar-refractivity contribution in [3.8, 4) is 0 Å². The topological polar surface area (TPSA) is 32.7 Å². The largest absolute Gasteiger partial charge is 0.354 e. The van der Waals surface area contributed by atoms with Gasteiger partial charge in [-0.2, -0.15) is 0 Å². The predicted octanol–water partition coefficient (Wildman–Crippen LogP) is 1.21. The van der Waals surface area contributed by atoms with Crippen LogP contribution in [0.2, 0.25) is 0 Å². The summed E-state index contributed by atoms with van der Waals surface area (Å²) in [6.07, 6.45) is 1.71. The van der Waals surface area contributed by atoms with Crippen molar-refractivity contribution in [3.63, 3.8) is 0 Å². The van der Waals surface area contributed by atoms with E-state index in [0.717, 1.165) is 5.56 Å². The van der Waals surface area contributed by atoms with Gasteiger partial charge in [0.25, 0.3) is 0 Å². The maximum absolute atomic E-state index is 11.9. The number of hydrogen-bond acceptors (Lipinski definition) is 3. The number of benzene rings is 1. The Kier molecular flexibility index (Phi) is 2.31. The lowest BCUT2D eigenvalue weighted by molar-refractivity contribution is 0.0919. The number of carbonyl (C=O) groups is 1. The molecule has 0 aliphatic carbocycles. The van der Waals surface area contributed by atoms with E-state index in [2.05, 4.69) is 4.99 Å². The van der Waals surface area contributed by atoms with Gasteiger partial charge in [0.2, 0.25) is 0 Å². The maximum Gasteiger partial charge on any atom is 0.187 e. The number of nitrogens with zero attached hydrogens (tertiary/aromatic N) is 2. The van der Waals surface area contributed by atoms with E-state index in [-0.39, 0.29) is 11.8 Å². The molecule has 0 radical (unpaired) electrons. The minimum atomic E-state index is -0.114. The van der Waals surface area contributed by atoms with Crippen LogP contribution in [-0.4, -0.2) is 36.7 Å². The summed E-state index contributed by atoms with van der Waals surface area (Å²) in [6.45, 7) is 0.574. The standard InChI is InChI=1S/C11H12N2O/c1-13-8-12-7-10(13)11(14)9-5-3-2-4-6-9/h2-6,8,10H,7H2,1H3. The fourth-order valence-corrected chi connectivity index (χ4v) is 1.55. The van der Waals surface area contributed by atoms with Crippen LogP contribution < -0.4 is 0 Å². The third kappa shape index (κ3) is 1.53. The lowest BCUT2D eigenvalue weighted by atomic mass is 10.0. The quantitative estimate of drug-likeness (QED) is 0.653. The molecule has 1 heterocycles. The first-order valence-corrected chi connectivity index (χ1v) is 4.60. The maximum atomic E-state index is 11.9. The molecule has 0 spiro atoms. The lowest BCUT2D eigenvalue weighted by Gasteiger charge is -2.17. The monoisotopic (exact) mass is 188 g/mol. The molecule has 0 saturated carbocycles. The Balaban J connectivity index is 2.17. The van der Waals surface area contributed by atoms with Crippen molar-refractivity contribution in [2.24, 2.45) is 4.99 Å². The average molecular weight is 188 g/mol. The molecule has 72 valence electrons. The Hall–Kier alpha value is -1.64. The van der Waals surface area contributed by atoms with Crippen molar-refractivity contribution in [2.75, 3.05) is 13.6 Å². The molecule has 0 amide bonds. The highest BCUT2D eigenvalue weighted by Crippen LogP contribution is 2.10. The van der Waals surface area contributed by atoms with Crippen molar-refractivity contribution in [1.29, 1.82) is 0 Å². The van der Waals surface area contributed by atoms with Crippen LogP contribution in [0.3, 0.4) is 0 Å². The molecule has 0 saturated heterocycles. The number of Topliss-reactive ketones (excluding diaryl/α,β-unsaturated/α-hetero) is 1. The predicted molar refractivity (Wildman–Crippen MR) is 55.7 cm³/mol. The molecular formula is C11H12N2O. The van der Waals surface area contributed by atoms with Gasteiger partial charge in [0.1, 0.15) is 6.04 Å². The van der Waals surface area contributed by atoms with Gasteiger partial charge in [-0.3, -0.25) is 9.79 Å². The summed E-state index contributed by atoms with van der Waals surface area (Å²) in [5, 5.41) is 0. The van der Waals surface area contributed by atoms with Crippen LogP contribution in [-0.2, 0) is 0 Å². The fraction of sp³-hybridized carbons (Fsp3) is 0.273. The molecule has 1 aliphatic heterocycles. The van der Waals surface area contributed by atoms with E-state index in [1.807, 2.05) is 42.3 Å². The van der Waals surface area contributed by atoms with Crippen LogP contribution in [0.5, 0.6) is 0 Å². The molecule has 1 aliphatic rings. The van der Waals surface area contributed by atoms with Gasteiger partial charge in [0.15, 0.2) is 5.78 Å². The number of rotatable bonds is 2. The van der Waals surface area contributed by atoms with Crippen LogP contribution in [0.15, 0.2) is 35.3 Å². The zero-order chi connectivity index (χ0) is 9.97. The molecule has 0 aromatic heterocycles. The Bertz CT molecular complexity index is 359. The first kappa shape index (κ1) is 8.94. The van der Waals surface area contributed by atoms with Gasteiger partial charge >= 0.3 is 0 Å². The molecule has 3 nitrogen and oxygen atoms in total. The van der Waals surface area contributed by atoms with Crippen molar-refractivity contribution in [2.45, 2.75) is 6.04 Å². The molecule has 0 N–H and O–H groups in total. The Morgan fingerprint density at radius 3 is 2.71 bits per heavy atom. The van der Waals surface area contributed by atoms with Crippen molar-refractivity contribution in [3.05, 3.63) is 35.9 Å². The molecular weight excluding hydrogens is 176 g/mol. The van der Waals surface area contributed by atoms with Crippen molar-refractivity contribution >= 4 is 12.1 Å². The summed E-state index contributed by atoms with van der Waals surface area (Å²) >= 11 is 0. The summed E-state index contributed by atoms with van der Waals surface area (Å²) in [6, 6.07) is 9.23. The van der Waals surface area contributed by atoms with Crippen LogP contribution in [0, 0.1) is 0 Å². The molecule has 0 bridgehead atoms. The third-order valence-electron chi connectivity index (χ3n) is 2.39. The van der Waals surface area contributed by atoms with Gasteiger partial charge in [-0.25, -0.2) is 0 Å². The molecule has 1 aromatic carbocycles. The third-order valence-corrected chi connectivity index (χ3v) is 2.39. The normalized spacial score (nSPS) is 20.1. The highest BCUT2D eigenvalue weighted by atomic mass is 16.1. The van der Waals surface area contributed by atoms with Crippen LogP contribution >= 0.6 is 0 Å². The van der Waals surface area contributed by atoms with E-state index in [1.165, 1.54) is 0 Å². The average Bonchev–Trinajstić information content (AvgIpc) is 2.65. The van der Waals surface area contributed by atoms with Gasteiger partial charge in [0.05, 0.1) is 12.9 Å². The molecule has 3 heteroatoms. The highest BCUT2D eigenvalue weighted by Gasteiger charge is 2.25. The van der Waals surface area contributed by atoms with E-state index < -0.39 is 0 Å². The van der Waals surface area contributed by atoms with Gasteiger partial charge in [-0.15, -0.1) is 0 Å². The number of ketones is 1.